The number of pyridine rings is 1. The van der Waals surface area contributed by atoms with Gasteiger partial charge in [0.05, 0.1) is 5.41 Å². The van der Waals surface area contributed by atoms with Crippen molar-refractivity contribution in [1.82, 2.24) is 4.98 Å². The third kappa shape index (κ3) is 4.84. The third-order valence-electron chi connectivity index (χ3n) is 4.88. The summed E-state index contributed by atoms with van der Waals surface area (Å²) in [5.41, 5.74) is -2.07. The maximum atomic E-state index is 12.9. The van der Waals surface area contributed by atoms with Gasteiger partial charge in [0.1, 0.15) is 17.0 Å². The fourth-order valence-electron chi connectivity index (χ4n) is 2.33. The first-order chi connectivity index (χ1) is 12.7. The van der Waals surface area contributed by atoms with Crippen molar-refractivity contribution >= 4 is 27.5 Å². The number of hydrogen-bond donors (Lipinski definition) is 1. The molecule has 2 rings (SSSR count). The van der Waals surface area contributed by atoms with Crippen LogP contribution < -0.4 is 10.1 Å². The smallest absolute Gasteiger partial charge is 0.433 e. The normalized spacial score (nSPS) is 12.6. The molecule has 0 saturated carbocycles. The zero-order valence-electron chi connectivity index (χ0n) is 16.2. The highest BCUT2D eigenvalue weighted by molar-refractivity contribution is 9.10. The van der Waals surface area contributed by atoms with Gasteiger partial charge < -0.3 is 10.1 Å². The van der Waals surface area contributed by atoms with Crippen molar-refractivity contribution in [2.45, 2.75) is 46.4 Å². The van der Waals surface area contributed by atoms with E-state index in [1.54, 1.807) is 33.8 Å². The van der Waals surface area contributed by atoms with Crippen LogP contribution in [0.25, 0.3) is 0 Å². The molecule has 0 atom stereocenters. The minimum absolute atomic E-state index is 0.0238. The van der Waals surface area contributed by atoms with Gasteiger partial charge in [-0.25, -0.2) is 0 Å². The third-order valence-corrected chi connectivity index (χ3v) is 5.77. The summed E-state index contributed by atoms with van der Waals surface area (Å²) in [6.07, 6.45) is -3.57. The van der Waals surface area contributed by atoms with Gasteiger partial charge >= 0.3 is 6.18 Å². The van der Waals surface area contributed by atoms with E-state index < -0.39 is 28.8 Å². The van der Waals surface area contributed by atoms with E-state index in [4.69, 9.17) is 4.74 Å². The van der Waals surface area contributed by atoms with E-state index in [1.165, 1.54) is 6.07 Å². The van der Waals surface area contributed by atoms with Crippen LogP contribution in [0.5, 0.6) is 5.75 Å². The van der Waals surface area contributed by atoms with Crippen LogP contribution in [0.4, 0.5) is 18.9 Å². The first-order valence-electron chi connectivity index (χ1n) is 8.54. The molecule has 0 fully saturated rings. The molecule has 0 bridgehead atoms. The van der Waals surface area contributed by atoms with Crippen LogP contribution in [-0.4, -0.2) is 16.5 Å². The number of carbonyl (C=O) groups excluding carboxylic acids is 1. The summed E-state index contributed by atoms with van der Waals surface area (Å²) < 4.78 is 45.5. The first-order valence-corrected chi connectivity index (χ1v) is 9.33. The van der Waals surface area contributed by atoms with E-state index in [9.17, 15) is 18.0 Å². The van der Waals surface area contributed by atoms with Crippen LogP contribution in [0, 0.1) is 12.3 Å². The van der Waals surface area contributed by atoms with Crippen molar-refractivity contribution in [2.24, 2.45) is 5.41 Å². The topological polar surface area (TPSA) is 51.2 Å². The van der Waals surface area contributed by atoms with E-state index >= 15 is 0 Å². The first kappa shape index (κ1) is 22.2. The zero-order chi connectivity index (χ0) is 21.3. The number of anilines is 1. The molecule has 1 N–H and O–H groups in total. The van der Waals surface area contributed by atoms with Crippen molar-refractivity contribution in [2.75, 3.05) is 5.32 Å². The highest BCUT2D eigenvalue weighted by atomic mass is 79.9. The zero-order valence-corrected chi connectivity index (χ0v) is 17.8. The Morgan fingerprint density at radius 2 is 1.75 bits per heavy atom. The molecule has 0 aliphatic heterocycles. The van der Waals surface area contributed by atoms with Crippen molar-refractivity contribution in [3.05, 3.63) is 52.3 Å². The lowest BCUT2D eigenvalue weighted by Crippen LogP contribution is -2.51. The van der Waals surface area contributed by atoms with E-state index in [1.807, 2.05) is 19.1 Å². The van der Waals surface area contributed by atoms with E-state index in [0.29, 0.717) is 5.75 Å². The molecule has 1 heterocycles. The molecule has 0 saturated heterocycles. The molecular formula is C20H22BrF3N2O2. The van der Waals surface area contributed by atoms with Crippen LogP contribution >= 0.6 is 15.9 Å². The van der Waals surface area contributed by atoms with Gasteiger partial charge in [-0.05, 0) is 70.5 Å². The maximum absolute atomic E-state index is 12.9. The second-order valence-electron chi connectivity index (χ2n) is 7.53. The molecule has 4 nitrogen and oxygen atoms in total. The van der Waals surface area contributed by atoms with Gasteiger partial charge in [-0.2, -0.15) is 13.2 Å². The molecule has 1 amide bonds. The number of nitrogens with one attached hydrogen (secondary N) is 1. The quantitative estimate of drug-likeness (QED) is 0.598. The number of hydrogen-bond acceptors (Lipinski definition) is 3. The van der Waals surface area contributed by atoms with Crippen LogP contribution in [-0.2, 0) is 11.0 Å². The Hall–Kier alpha value is -2.09. The summed E-state index contributed by atoms with van der Waals surface area (Å²) in [7, 11) is 0. The van der Waals surface area contributed by atoms with Crippen LogP contribution in [0.1, 0.15) is 39.0 Å². The number of nitrogens with zero attached hydrogens (tertiary/aromatic N) is 1. The Morgan fingerprint density at radius 3 is 2.32 bits per heavy atom. The average molecular weight is 459 g/mol. The molecule has 0 spiro atoms. The Labute approximate surface area is 170 Å². The summed E-state index contributed by atoms with van der Waals surface area (Å²) in [4.78, 5) is 16.1. The number of aryl methyl sites for hydroxylation is 1. The number of ether oxygens (including phenoxy) is 1. The molecular weight excluding hydrogens is 437 g/mol. The summed E-state index contributed by atoms with van der Waals surface area (Å²) in [5.74, 6) is 0.125. The van der Waals surface area contributed by atoms with Crippen molar-refractivity contribution in [3.63, 3.8) is 0 Å². The fourth-order valence-corrected chi connectivity index (χ4v) is 2.57. The van der Waals surface area contributed by atoms with Crippen molar-refractivity contribution < 1.29 is 22.7 Å². The van der Waals surface area contributed by atoms with Gasteiger partial charge in [0.15, 0.2) is 0 Å². The lowest BCUT2D eigenvalue weighted by Gasteiger charge is -2.40. The van der Waals surface area contributed by atoms with Gasteiger partial charge in [-0.15, -0.1) is 0 Å². The minimum Gasteiger partial charge on any atom is -0.487 e. The lowest BCUT2D eigenvalue weighted by atomic mass is 9.76. The molecule has 152 valence electrons. The molecule has 0 aliphatic rings. The fraction of sp³-hybridized carbons (Fsp3) is 0.400. The number of amides is 1. The molecule has 0 aliphatic carbocycles. The molecule has 1 aromatic carbocycles. The summed E-state index contributed by atoms with van der Waals surface area (Å²) >= 11 is 3.42. The summed E-state index contributed by atoms with van der Waals surface area (Å²) in [5, 5.41) is 2.54. The Bertz CT molecular complexity index is 880. The van der Waals surface area contributed by atoms with Gasteiger partial charge in [0.2, 0.25) is 5.91 Å². The number of benzene rings is 1. The Kier molecular flexibility index (Phi) is 6.13. The van der Waals surface area contributed by atoms with E-state index in [-0.39, 0.29) is 5.69 Å². The molecule has 0 radical (unpaired) electrons. The number of alkyl halides is 3. The number of halogens is 4. The average Bonchev–Trinajstić information content (AvgIpc) is 2.57. The highest BCUT2D eigenvalue weighted by Gasteiger charge is 2.45. The summed E-state index contributed by atoms with van der Waals surface area (Å²) in [6, 6.07) is 7.60. The monoisotopic (exact) mass is 458 g/mol. The Balaban J connectivity index is 2.21. The van der Waals surface area contributed by atoms with E-state index in [2.05, 4.69) is 26.2 Å². The largest absolute Gasteiger partial charge is 0.487 e. The van der Waals surface area contributed by atoms with Gasteiger partial charge in [-0.1, -0.05) is 15.9 Å². The lowest BCUT2D eigenvalue weighted by molar-refractivity contribution is -0.141. The van der Waals surface area contributed by atoms with Crippen LogP contribution in [0.2, 0.25) is 0 Å². The van der Waals surface area contributed by atoms with E-state index in [0.717, 1.165) is 22.3 Å². The maximum Gasteiger partial charge on any atom is 0.433 e. The Morgan fingerprint density at radius 1 is 1.11 bits per heavy atom. The molecule has 0 unspecified atom stereocenters. The second-order valence-corrected chi connectivity index (χ2v) is 8.38. The SMILES string of the molecule is Cc1cc(OC(C)(C)C(C)(C)C(=O)Nc2ccnc(C(F)(F)F)c2)ccc1Br. The molecule has 2 aromatic rings. The van der Waals surface area contributed by atoms with Crippen molar-refractivity contribution in [3.8, 4) is 5.75 Å². The van der Waals surface area contributed by atoms with Crippen LogP contribution in [0.15, 0.2) is 41.0 Å². The molecule has 28 heavy (non-hydrogen) atoms. The summed E-state index contributed by atoms with van der Waals surface area (Å²) in [6.45, 7) is 8.80. The predicted molar refractivity (Wildman–Crippen MR) is 105 cm³/mol. The number of aromatic nitrogens is 1. The van der Waals surface area contributed by atoms with Crippen molar-refractivity contribution in [1.29, 1.82) is 0 Å². The number of rotatable bonds is 5. The van der Waals surface area contributed by atoms with Gasteiger partial charge in [-0.3, -0.25) is 9.78 Å². The van der Waals surface area contributed by atoms with Gasteiger partial charge in [0.25, 0.3) is 0 Å². The van der Waals surface area contributed by atoms with Gasteiger partial charge in [0, 0.05) is 16.4 Å². The molecule has 8 heteroatoms. The molecule has 1 aromatic heterocycles. The standard InChI is InChI=1S/C20H22BrF3N2O2/c1-12-10-14(6-7-15(12)21)28-19(4,5)18(2,3)17(27)26-13-8-9-25-16(11-13)20(22,23)24/h6-11H,1-5H3,(H,25,26,27). The highest BCUT2D eigenvalue weighted by Crippen LogP contribution is 2.37. The minimum atomic E-state index is -4.59. The predicted octanol–water partition coefficient (Wildman–Crippen LogP) is 5.99. The van der Waals surface area contributed by atoms with Crippen LogP contribution in [0.3, 0.4) is 0 Å². The second kappa shape index (κ2) is 7.73. The number of carbonyl (C=O) groups is 1.